The van der Waals surface area contributed by atoms with E-state index in [2.05, 4.69) is 5.32 Å². The molecule has 0 atom stereocenters. The monoisotopic (exact) mass is 309 g/mol. The highest BCUT2D eigenvalue weighted by molar-refractivity contribution is 6.31. The van der Waals surface area contributed by atoms with E-state index in [0.717, 1.165) is 11.1 Å². The van der Waals surface area contributed by atoms with Gasteiger partial charge in [-0.1, -0.05) is 35.9 Å². The third-order valence-corrected chi connectivity index (χ3v) is 3.38. The lowest BCUT2D eigenvalue weighted by Crippen LogP contribution is -2.22. The van der Waals surface area contributed by atoms with E-state index in [1.54, 1.807) is 0 Å². The standard InChI is InChI=1S/C15H13Cl2NO2/c16-8-10-1-3-11(4-2-10)9-18-15(20)13-7-12(17)5-6-14(13)19/h1-7,19H,8-9H2,(H,18,20). The van der Waals surface area contributed by atoms with Crippen LogP contribution in [0.5, 0.6) is 5.75 Å². The molecule has 2 aromatic rings. The molecule has 104 valence electrons. The third-order valence-electron chi connectivity index (χ3n) is 2.83. The highest BCUT2D eigenvalue weighted by atomic mass is 35.5. The second-order valence-electron chi connectivity index (χ2n) is 4.29. The fourth-order valence-electron chi connectivity index (χ4n) is 1.71. The van der Waals surface area contributed by atoms with Gasteiger partial charge in [-0.2, -0.15) is 0 Å². The van der Waals surface area contributed by atoms with E-state index in [9.17, 15) is 9.90 Å². The number of hydrogen-bond donors (Lipinski definition) is 2. The fraction of sp³-hybridized carbons (Fsp3) is 0.133. The van der Waals surface area contributed by atoms with Crippen LogP contribution in [0, 0.1) is 0 Å². The highest BCUT2D eigenvalue weighted by Crippen LogP contribution is 2.21. The zero-order chi connectivity index (χ0) is 14.5. The second-order valence-corrected chi connectivity index (χ2v) is 5.00. The van der Waals surface area contributed by atoms with Crippen LogP contribution in [-0.4, -0.2) is 11.0 Å². The molecule has 0 aliphatic carbocycles. The molecule has 20 heavy (non-hydrogen) atoms. The molecule has 0 aliphatic rings. The van der Waals surface area contributed by atoms with Crippen LogP contribution in [0.1, 0.15) is 21.5 Å². The quantitative estimate of drug-likeness (QED) is 0.846. The summed E-state index contributed by atoms with van der Waals surface area (Å²) in [5, 5.41) is 12.8. The number of nitrogens with one attached hydrogen (secondary N) is 1. The SMILES string of the molecule is O=C(NCc1ccc(CCl)cc1)c1cc(Cl)ccc1O. The minimum atomic E-state index is -0.369. The lowest BCUT2D eigenvalue weighted by molar-refractivity contribution is 0.0948. The number of phenols is 1. The predicted molar refractivity (Wildman–Crippen MR) is 80.3 cm³/mol. The minimum Gasteiger partial charge on any atom is -0.507 e. The Morgan fingerprint density at radius 2 is 1.75 bits per heavy atom. The second kappa shape index (κ2) is 6.64. The fourth-order valence-corrected chi connectivity index (χ4v) is 2.06. The molecule has 0 aromatic heterocycles. The van der Waals surface area contributed by atoms with Crippen molar-refractivity contribution in [3.05, 3.63) is 64.2 Å². The maximum atomic E-state index is 12.0. The average Bonchev–Trinajstić information content (AvgIpc) is 2.47. The van der Waals surface area contributed by atoms with Crippen molar-refractivity contribution in [3.8, 4) is 5.75 Å². The first kappa shape index (κ1) is 14.7. The van der Waals surface area contributed by atoms with Crippen LogP contribution in [0.2, 0.25) is 5.02 Å². The van der Waals surface area contributed by atoms with E-state index < -0.39 is 0 Å². The summed E-state index contributed by atoms with van der Waals surface area (Å²) in [5.74, 6) is -0.000880. The van der Waals surface area contributed by atoms with Crippen molar-refractivity contribution in [1.29, 1.82) is 0 Å². The Kier molecular flexibility index (Phi) is 4.88. The molecule has 0 saturated heterocycles. The number of carbonyl (C=O) groups excluding carboxylic acids is 1. The topological polar surface area (TPSA) is 49.3 Å². The van der Waals surface area contributed by atoms with E-state index in [4.69, 9.17) is 23.2 Å². The molecule has 0 radical (unpaired) electrons. The van der Waals surface area contributed by atoms with Crippen molar-refractivity contribution in [2.75, 3.05) is 0 Å². The van der Waals surface area contributed by atoms with E-state index in [1.165, 1.54) is 18.2 Å². The lowest BCUT2D eigenvalue weighted by atomic mass is 10.1. The summed E-state index contributed by atoms with van der Waals surface area (Å²) < 4.78 is 0. The van der Waals surface area contributed by atoms with E-state index >= 15 is 0 Å². The van der Waals surface area contributed by atoms with Gasteiger partial charge in [0.15, 0.2) is 0 Å². The molecular weight excluding hydrogens is 297 g/mol. The lowest BCUT2D eigenvalue weighted by Gasteiger charge is -2.08. The Morgan fingerprint density at radius 3 is 2.40 bits per heavy atom. The van der Waals surface area contributed by atoms with Gasteiger partial charge in [-0.25, -0.2) is 0 Å². The largest absolute Gasteiger partial charge is 0.507 e. The number of alkyl halides is 1. The summed E-state index contributed by atoms with van der Waals surface area (Å²) >= 11 is 11.5. The molecular formula is C15H13Cl2NO2. The van der Waals surface area contributed by atoms with Crippen molar-refractivity contribution in [1.82, 2.24) is 5.32 Å². The van der Waals surface area contributed by atoms with Crippen LogP contribution in [0.3, 0.4) is 0 Å². The van der Waals surface area contributed by atoms with Crippen molar-refractivity contribution in [3.63, 3.8) is 0 Å². The van der Waals surface area contributed by atoms with Gasteiger partial charge in [-0.3, -0.25) is 4.79 Å². The van der Waals surface area contributed by atoms with Crippen LogP contribution in [-0.2, 0) is 12.4 Å². The van der Waals surface area contributed by atoms with Crippen molar-refractivity contribution in [2.24, 2.45) is 0 Å². The maximum absolute atomic E-state index is 12.0. The molecule has 5 heteroatoms. The zero-order valence-corrected chi connectivity index (χ0v) is 12.1. The van der Waals surface area contributed by atoms with Crippen molar-refractivity contribution < 1.29 is 9.90 Å². The van der Waals surface area contributed by atoms with Gasteiger partial charge in [-0.05, 0) is 29.3 Å². The molecule has 1 amide bonds. The number of aromatic hydroxyl groups is 1. The number of rotatable bonds is 4. The van der Waals surface area contributed by atoms with Gasteiger partial charge in [0.1, 0.15) is 5.75 Å². The molecule has 3 nitrogen and oxygen atoms in total. The summed E-state index contributed by atoms with van der Waals surface area (Å²) in [6, 6.07) is 12.0. The number of phenolic OH excluding ortho intramolecular Hbond substituents is 1. The molecule has 0 bridgehead atoms. The summed E-state index contributed by atoms with van der Waals surface area (Å²) in [7, 11) is 0. The smallest absolute Gasteiger partial charge is 0.255 e. The molecule has 2 N–H and O–H groups in total. The Balaban J connectivity index is 2.02. The van der Waals surface area contributed by atoms with E-state index in [-0.39, 0.29) is 17.2 Å². The van der Waals surface area contributed by atoms with Gasteiger partial charge in [0, 0.05) is 17.4 Å². The molecule has 0 unspecified atom stereocenters. The maximum Gasteiger partial charge on any atom is 0.255 e. The van der Waals surface area contributed by atoms with Crippen LogP contribution >= 0.6 is 23.2 Å². The molecule has 2 rings (SSSR count). The minimum absolute atomic E-state index is 0.0932. The Morgan fingerprint density at radius 1 is 1.10 bits per heavy atom. The van der Waals surface area contributed by atoms with Crippen LogP contribution in [0.15, 0.2) is 42.5 Å². The molecule has 0 aliphatic heterocycles. The molecule has 0 spiro atoms. The average molecular weight is 310 g/mol. The molecule has 0 heterocycles. The number of hydrogen-bond acceptors (Lipinski definition) is 2. The summed E-state index contributed by atoms with van der Waals surface area (Å²) in [6.07, 6.45) is 0. The van der Waals surface area contributed by atoms with Gasteiger partial charge in [0.2, 0.25) is 0 Å². The van der Waals surface area contributed by atoms with E-state index in [1.807, 2.05) is 24.3 Å². The first-order chi connectivity index (χ1) is 9.60. The van der Waals surface area contributed by atoms with Crippen LogP contribution in [0.4, 0.5) is 0 Å². The van der Waals surface area contributed by atoms with Gasteiger partial charge < -0.3 is 10.4 Å². The van der Waals surface area contributed by atoms with Crippen molar-refractivity contribution >= 4 is 29.1 Å². The summed E-state index contributed by atoms with van der Waals surface area (Å²) in [6.45, 7) is 0.368. The number of carbonyl (C=O) groups is 1. The zero-order valence-electron chi connectivity index (χ0n) is 10.6. The number of benzene rings is 2. The van der Waals surface area contributed by atoms with Gasteiger partial charge >= 0.3 is 0 Å². The Labute approximate surface area is 127 Å². The summed E-state index contributed by atoms with van der Waals surface area (Å²) in [4.78, 5) is 12.0. The van der Waals surface area contributed by atoms with E-state index in [0.29, 0.717) is 17.4 Å². The normalized spacial score (nSPS) is 10.3. The van der Waals surface area contributed by atoms with Gasteiger partial charge in [0.25, 0.3) is 5.91 Å². The third kappa shape index (κ3) is 3.65. The van der Waals surface area contributed by atoms with Crippen molar-refractivity contribution in [2.45, 2.75) is 12.4 Å². The van der Waals surface area contributed by atoms with Crippen LogP contribution in [0.25, 0.3) is 0 Å². The van der Waals surface area contributed by atoms with Crippen LogP contribution < -0.4 is 5.32 Å². The molecule has 0 fully saturated rings. The molecule has 2 aromatic carbocycles. The number of halogens is 2. The highest BCUT2D eigenvalue weighted by Gasteiger charge is 2.11. The first-order valence-electron chi connectivity index (χ1n) is 6.00. The Bertz CT molecular complexity index is 612. The predicted octanol–water partition coefficient (Wildman–Crippen LogP) is 3.71. The molecule has 0 saturated carbocycles. The first-order valence-corrected chi connectivity index (χ1v) is 6.92. The van der Waals surface area contributed by atoms with Gasteiger partial charge in [-0.15, -0.1) is 11.6 Å². The Hall–Kier alpha value is -1.71. The number of amides is 1. The summed E-state index contributed by atoms with van der Waals surface area (Å²) in [5.41, 5.74) is 2.14. The van der Waals surface area contributed by atoms with Gasteiger partial charge in [0.05, 0.1) is 5.56 Å².